The molecule has 0 saturated heterocycles. The lowest BCUT2D eigenvalue weighted by molar-refractivity contribution is -0.274. The van der Waals surface area contributed by atoms with Gasteiger partial charge in [-0.25, -0.2) is 4.98 Å². The van der Waals surface area contributed by atoms with E-state index in [0.29, 0.717) is 12.2 Å². The Labute approximate surface area is 157 Å². The molecule has 3 rings (SSSR count). The fraction of sp³-hybridized carbons (Fsp3) is 0.211. The van der Waals surface area contributed by atoms with Gasteiger partial charge in [-0.1, -0.05) is 6.07 Å². The number of alkyl halides is 3. The number of halogens is 3. The molecule has 0 aliphatic heterocycles. The second kappa shape index (κ2) is 7.34. The standard InChI is InChI=1S/C19H16F3N3O3/c1-3-25-10-15(16(26)14-8-7-11(2)23-17(14)25)18(27)24-12-5-4-6-13(9-12)28-19(20,21)22/h4-10H,3H2,1-2H3,(H,24,27). The number of amides is 1. The van der Waals surface area contributed by atoms with Crippen molar-refractivity contribution in [3.05, 3.63) is 64.1 Å². The van der Waals surface area contributed by atoms with Crippen LogP contribution in [0.2, 0.25) is 0 Å². The van der Waals surface area contributed by atoms with Gasteiger partial charge in [0.15, 0.2) is 0 Å². The number of anilines is 1. The van der Waals surface area contributed by atoms with Gasteiger partial charge in [0.05, 0.1) is 5.39 Å². The molecule has 0 bridgehead atoms. The van der Waals surface area contributed by atoms with E-state index in [9.17, 15) is 22.8 Å². The molecule has 1 N–H and O–H groups in total. The fourth-order valence-corrected chi connectivity index (χ4v) is 2.73. The van der Waals surface area contributed by atoms with Crippen molar-refractivity contribution in [1.29, 1.82) is 0 Å². The Hall–Kier alpha value is -3.36. The van der Waals surface area contributed by atoms with Crippen LogP contribution in [0.1, 0.15) is 23.0 Å². The van der Waals surface area contributed by atoms with Crippen molar-refractivity contribution >= 4 is 22.6 Å². The highest BCUT2D eigenvalue weighted by molar-refractivity contribution is 6.05. The second-order valence-electron chi connectivity index (χ2n) is 6.01. The highest BCUT2D eigenvalue weighted by atomic mass is 19.4. The zero-order valence-corrected chi connectivity index (χ0v) is 15.0. The maximum atomic E-state index is 12.7. The smallest absolute Gasteiger partial charge is 0.406 e. The van der Waals surface area contributed by atoms with Gasteiger partial charge in [-0.3, -0.25) is 9.59 Å². The number of carbonyl (C=O) groups excluding carboxylic acids is 1. The zero-order valence-electron chi connectivity index (χ0n) is 15.0. The van der Waals surface area contributed by atoms with E-state index in [1.54, 1.807) is 23.6 Å². The van der Waals surface area contributed by atoms with Crippen molar-refractivity contribution < 1.29 is 22.7 Å². The third-order valence-corrected chi connectivity index (χ3v) is 3.97. The molecule has 0 aliphatic rings. The summed E-state index contributed by atoms with van der Waals surface area (Å²) in [7, 11) is 0. The van der Waals surface area contributed by atoms with Gasteiger partial charge >= 0.3 is 6.36 Å². The summed E-state index contributed by atoms with van der Waals surface area (Å²) in [4.78, 5) is 29.7. The molecule has 3 aromatic rings. The molecule has 1 amide bonds. The number of nitrogens with one attached hydrogen (secondary N) is 1. The maximum absolute atomic E-state index is 12.7. The number of aryl methyl sites for hydroxylation is 2. The number of carbonyl (C=O) groups is 1. The first-order chi connectivity index (χ1) is 13.2. The molecule has 28 heavy (non-hydrogen) atoms. The highest BCUT2D eigenvalue weighted by Crippen LogP contribution is 2.25. The molecule has 0 fully saturated rings. The van der Waals surface area contributed by atoms with Crippen LogP contribution in [0.4, 0.5) is 18.9 Å². The Morgan fingerprint density at radius 2 is 2.00 bits per heavy atom. The second-order valence-corrected chi connectivity index (χ2v) is 6.01. The van der Waals surface area contributed by atoms with Crippen molar-refractivity contribution in [2.24, 2.45) is 0 Å². The van der Waals surface area contributed by atoms with Crippen LogP contribution in [0, 0.1) is 6.92 Å². The van der Waals surface area contributed by atoms with Gasteiger partial charge in [0.1, 0.15) is 17.0 Å². The SMILES string of the molecule is CCn1cc(C(=O)Nc2cccc(OC(F)(F)F)c2)c(=O)c2ccc(C)nc21. The molecule has 1 aromatic carbocycles. The molecule has 0 radical (unpaired) electrons. The number of ether oxygens (including phenoxy) is 1. The molecule has 146 valence electrons. The minimum Gasteiger partial charge on any atom is -0.406 e. The predicted molar refractivity (Wildman–Crippen MR) is 97.5 cm³/mol. The molecule has 0 spiro atoms. The van der Waals surface area contributed by atoms with Crippen LogP contribution < -0.4 is 15.5 Å². The van der Waals surface area contributed by atoms with Gasteiger partial charge in [0, 0.05) is 30.2 Å². The molecule has 0 aliphatic carbocycles. The molecule has 2 heterocycles. The lowest BCUT2D eigenvalue weighted by atomic mass is 10.1. The molecular formula is C19H16F3N3O3. The van der Waals surface area contributed by atoms with E-state index < -0.39 is 23.4 Å². The third-order valence-electron chi connectivity index (χ3n) is 3.97. The summed E-state index contributed by atoms with van der Waals surface area (Å²) in [5.41, 5.74) is 0.614. The first kappa shape index (κ1) is 19.4. The van der Waals surface area contributed by atoms with Crippen LogP contribution in [0.25, 0.3) is 11.0 Å². The minimum absolute atomic E-state index is 0.0660. The Bertz CT molecular complexity index is 1110. The highest BCUT2D eigenvalue weighted by Gasteiger charge is 2.31. The van der Waals surface area contributed by atoms with E-state index in [0.717, 1.165) is 17.8 Å². The topological polar surface area (TPSA) is 73.2 Å². The number of benzene rings is 1. The molecular weight excluding hydrogens is 375 g/mol. The first-order valence-corrected chi connectivity index (χ1v) is 8.36. The van der Waals surface area contributed by atoms with Gasteiger partial charge < -0.3 is 14.6 Å². The summed E-state index contributed by atoms with van der Waals surface area (Å²) in [5.74, 6) is -1.21. The summed E-state index contributed by atoms with van der Waals surface area (Å²) in [6.45, 7) is 4.11. The Kier molecular flexibility index (Phi) is 5.08. The lowest BCUT2D eigenvalue weighted by Gasteiger charge is -2.13. The number of aromatic nitrogens is 2. The van der Waals surface area contributed by atoms with E-state index in [1.807, 2.05) is 6.92 Å². The number of pyridine rings is 2. The van der Waals surface area contributed by atoms with Crippen LogP contribution in [0.5, 0.6) is 5.75 Å². The summed E-state index contributed by atoms with van der Waals surface area (Å²) in [5, 5.41) is 2.72. The number of nitrogens with zero attached hydrogens (tertiary/aromatic N) is 2. The van der Waals surface area contributed by atoms with E-state index in [1.165, 1.54) is 18.3 Å². The van der Waals surface area contributed by atoms with Gasteiger partial charge in [0.25, 0.3) is 5.91 Å². The molecule has 0 atom stereocenters. The number of hydrogen-bond acceptors (Lipinski definition) is 4. The molecule has 0 unspecified atom stereocenters. The fourth-order valence-electron chi connectivity index (χ4n) is 2.73. The van der Waals surface area contributed by atoms with Gasteiger partial charge in [-0.05, 0) is 38.1 Å². The number of fused-ring (bicyclic) bond motifs is 1. The van der Waals surface area contributed by atoms with Crippen LogP contribution >= 0.6 is 0 Å². The van der Waals surface area contributed by atoms with E-state index in [-0.39, 0.29) is 16.6 Å². The van der Waals surface area contributed by atoms with Gasteiger partial charge in [-0.15, -0.1) is 13.2 Å². The average Bonchev–Trinajstić information content (AvgIpc) is 2.60. The minimum atomic E-state index is -4.85. The third kappa shape index (κ3) is 4.13. The maximum Gasteiger partial charge on any atom is 0.573 e. The van der Waals surface area contributed by atoms with Crippen LogP contribution in [0.15, 0.2) is 47.4 Å². The lowest BCUT2D eigenvalue weighted by Crippen LogP contribution is -2.24. The van der Waals surface area contributed by atoms with E-state index in [4.69, 9.17) is 0 Å². The Balaban J connectivity index is 1.96. The molecule has 2 aromatic heterocycles. The van der Waals surface area contributed by atoms with E-state index in [2.05, 4.69) is 15.0 Å². The monoisotopic (exact) mass is 391 g/mol. The summed E-state index contributed by atoms with van der Waals surface area (Å²) in [6, 6.07) is 8.09. The van der Waals surface area contributed by atoms with Crippen molar-refractivity contribution in [2.75, 3.05) is 5.32 Å². The van der Waals surface area contributed by atoms with Gasteiger partial charge in [0.2, 0.25) is 5.43 Å². The predicted octanol–water partition coefficient (Wildman–Crippen LogP) is 3.88. The van der Waals surface area contributed by atoms with Crippen molar-refractivity contribution in [3.8, 4) is 5.75 Å². The summed E-state index contributed by atoms with van der Waals surface area (Å²) >= 11 is 0. The van der Waals surface area contributed by atoms with Crippen LogP contribution in [-0.2, 0) is 6.54 Å². The molecule has 6 nitrogen and oxygen atoms in total. The van der Waals surface area contributed by atoms with Crippen molar-refractivity contribution in [1.82, 2.24) is 9.55 Å². The quantitative estimate of drug-likeness (QED) is 0.733. The normalized spacial score (nSPS) is 11.5. The summed E-state index contributed by atoms with van der Waals surface area (Å²) < 4.78 is 42.6. The van der Waals surface area contributed by atoms with E-state index >= 15 is 0 Å². The van der Waals surface area contributed by atoms with Crippen molar-refractivity contribution in [2.45, 2.75) is 26.8 Å². The molecule has 0 saturated carbocycles. The van der Waals surface area contributed by atoms with Crippen LogP contribution in [0.3, 0.4) is 0 Å². The zero-order chi connectivity index (χ0) is 20.5. The Morgan fingerprint density at radius 1 is 1.25 bits per heavy atom. The van der Waals surface area contributed by atoms with Crippen LogP contribution in [-0.4, -0.2) is 21.8 Å². The first-order valence-electron chi connectivity index (χ1n) is 8.36. The van der Waals surface area contributed by atoms with Gasteiger partial charge in [-0.2, -0.15) is 0 Å². The number of rotatable bonds is 4. The Morgan fingerprint density at radius 3 is 2.68 bits per heavy atom. The number of hydrogen-bond donors (Lipinski definition) is 1. The average molecular weight is 391 g/mol. The van der Waals surface area contributed by atoms with Crippen molar-refractivity contribution in [3.63, 3.8) is 0 Å². The largest absolute Gasteiger partial charge is 0.573 e. The molecule has 9 heteroatoms. The summed E-state index contributed by atoms with van der Waals surface area (Å²) in [6.07, 6.45) is -3.45.